The highest BCUT2D eigenvalue weighted by Gasteiger charge is 2.27. The molecule has 0 bridgehead atoms. The van der Waals surface area contributed by atoms with E-state index in [4.69, 9.17) is 4.74 Å². The topological polar surface area (TPSA) is 111 Å². The van der Waals surface area contributed by atoms with Gasteiger partial charge in [-0.1, -0.05) is 11.3 Å². The molecular weight excluding hydrogens is 318 g/mol. The van der Waals surface area contributed by atoms with E-state index in [1.165, 1.54) is 0 Å². The van der Waals surface area contributed by atoms with Gasteiger partial charge in [0.2, 0.25) is 0 Å². The second-order valence-corrected chi connectivity index (χ2v) is 7.24. The van der Waals surface area contributed by atoms with Crippen molar-refractivity contribution >= 4 is 32.0 Å². The largest absolute Gasteiger partial charge is 0.380 e. The molecule has 0 spiro atoms. The number of nitrogens with zero attached hydrogens (tertiary/aromatic N) is 1. The van der Waals surface area contributed by atoms with Crippen LogP contribution in [0.15, 0.2) is 10.3 Å². The molecule has 1 atom stereocenters. The zero-order valence-corrected chi connectivity index (χ0v) is 13.7. The third-order valence-corrected chi connectivity index (χ3v) is 5.56. The Morgan fingerprint density at radius 1 is 1.48 bits per heavy atom. The zero-order valence-electron chi connectivity index (χ0n) is 12.1. The molecule has 0 saturated heterocycles. The van der Waals surface area contributed by atoms with Crippen LogP contribution in [0.25, 0.3) is 0 Å². The summed E-state index contributed by atoms with van der Waals surface area (Å²) in [6.45, 7) is 6.45. The average Bonchev–Trinajstić information content (AvgIpc) is 2.81. The Morgan fingerprint density at radius 3 is 2.67 bits per heavy atom. The normalized spacial score (nSPS) is 13.1. The molecule has 8 nitrogen and oxygen atoms in total. The van der Waals surface area contributed by atoms with Crippen LogP contribution in [0.1, 0.15) is 20.8 Å². The van der Waals surface area contributed by atoms with Crippen LogP contribution in [0.4, 0.5) is 10.7 Å². The quantitative estimate of drug-likeness (QED) is 0.525. The van der Waals surface area contributed by atoms with Crippen molar-refractivity contribution in [2.75, 3.05) is 25.1 Å². The van der Waals surface area contributed by atoms with Gasteiger partial charge < -0.3 is 10.1 Å². The predicted molar refractivity (Wildman–Crippen MR) is 81.4 cm³/mol. The fourth-order valence-corrected chi connectivity index (χ4v) is 4.21. The highest BCUT2D eigenvalue weighted by atomic mass is 32.2. The first kappa shape index (κ1) is 17.8. The second kappa shape index (κ2) is 7.69. The van der Waals surface area contributed by atoms with Crippen LogP contribution in [0.5, 0.6) is 0 Å². The van der Waals surface area contributed by atoms with Crippen molar-refractivity contribution in [3.8, 4) is 0 Å². The smallest absolute Gasteiger partial charge is 0.304 e. The monoisotopic (exact) mass is 337 g/mol. The molecule has 0 amide bonds. The molecule has 1 rings (SSSR count). The molecule has 10 heteroatoms. The fourth-order valence-electron chi connectivity index (χ4n) is 1.57. The predicted octanol–water partition coefficient (Wildman–Crippen LogP) is 1.79. The summed E-state index contributed by atoms with van der Waals surface area (Å²) in [7, 11) is -3.80. The highest BCUT2D eigenvalue weighted by molar-refractivity contribution is 7.91. The number of rotatable bonds is 9. The number of ether oxygens (including phenoxy) is 1. The van der Waals surface area contributed by atoms with E-state index in [9.17, 15) is 18.5 Å². The van der Waals surface area contributed by atoms with E-state index in [0.29, 0.717) is 13.2 Å². The molecule has 0 aliphatic heterocycles. The molecule has 0 aliphatic carbocycles. The molecule has 1 aromatic rings. The van der Waals surface area contributed by atoms with Crippen LogP contribution in [-0.2, 0) is 14.8 Å². The first-order valence-corrected chi connectivity index (χ1v) is 8.73. The van der Waals surface area contributed by atoms with Gasteiger partial charge in [0.25, 0.3) is 10.0 Å². The second-order valence-electron chi connectivity index (χ2n) is 4.25. The summed E-state index contributed by atoms with van der Waals surface area (Å²) in [6.07, 6.45) is 0. The summed E-state index contributed by atoms with van der Waals surface area (Å²) in [6, 6.07) is 0.650. The molecule has 1 aromatic heterocycles. The fraction of sp³-hybridized carbons (Fsp3) is 0.636. The molecule has 0 aliphatic rings. The standard InChI is InChI=1S/C11H19N3O5S2/c1-4-12-11-9(14(15)16)6-10(20-11)21(17,18)13-8(3)7-19-5-2/h6,8,12-13H,4-5,7H2,1-3H3. The SMILES string of the molecule is CCNc1sc(S(=O)(=O)NC(C)COCC)cc1[N+](=O)[O-]. The Balaban J connectivity index is 2.97. The molecule has 21 heavy (non-hydrogen) atoms. The van der Waals surface area contributed by atoms with E-state index >= 15 is 0 Å². The lowest BCUT2D eigenvalue weighted by Gasteiger charge is -2.12. The lowest BCUT2D eigenvalue weighted by Crippen LogP contribution is -2.35. The van der Waals surface area contributed by atoms with Crippen LogP contribution in [-0.4, -0.2) is 39.1 Å². The van der Waals surface area contributed by atoms with Crippen molar-refractivity contribution in [3.05, 3.63) is 16.2 Å². The van der Waals surface area contributed by atoms with Crippen molar-refractivity contribution < 1.29 is 18.1 Å². The minimum absolute atomic E-state index is 0.0894. The maximum atomic E-state index is 12.2. The molecule has 0 saturated carbocycles. The molecule has 0 fully saturated rings. The van der Waals surface area contributed by atoms with Crippen LogP contribution in [0, 0.1) is 10.1 Å². The summed E-state index contributed by atoms with van der Waals surface area (Å²) < 4.78 is 31.9. The van der Waals surface area contributed by atoms with Crippen molar-refractivity contribution in [2.45, 2.75) is 31.0 Å². The van der Waals surface area contributed by atoms with E-state index in [-0.39, 0.29) is 21.5 Å². The summed E-state index contributed by atoms with van der Waals surface area (Å²) in [5.74, 6) is 0. The number of thiophene rings is 1. The minimum Gasteiger partial charge on any atom is -0.380 e. The Kier molecular flexibility index (Phi) is 6.52. The molecule has 1 heterocycles. The van der Waals surface area contributed by atoms with Crippen molar-refractivity contribution in [1.82, 2.24) is 4.72 Å². The average molecular weight is 337 g/mol. The molecule has 120 valence electrons. The first-order valence-electron chi connectivity index (χ1n) is 6.44. The lowest BCUT2D eigenvalue weighted by atomic mass is 10.4. The van der Waals surface area contributed by atoms with Gasteiger partial charge in [-0.05, 0) is 20.8 Å². The maximum Gasteiger partial charge on any atom is 0.304 e. The van der Waals surface area contributed by atoms with Gasteiger partial charge in [-0.2, -0.15) is 0 Å². The van der Waals surface area contributed by atoms with Gasteiger partial charge in [-0.25, -0.2) is 13.1 Å². The van der Waals surface area contributed by atoms with Crippen LogP contribution >= 0.6 is 11.3 Å². The van der Waals surface area contributed by atoms with E-state index < -0.39 is 21.0 Å². The third-order valence-electron chi connectivity index (χ3n) is 2.42. The summed E-state index contributed by atoms with van der Waals surface area (Å²) >= 11 is 0.841. The van der Waals surface area contributed by atoms with Gasteiger partial charge in [-0.3, -0.25) is 10.1 Å². The third kappa shape index (κ3) is 4.92. The number of hydrogen-bond acceptors (Lipinski definition) is 7. The summed E-state index contributed by atoms with van der Waals surface area (Å²) in [5.41, 5.74) is -0.236. The minimum atomic E-state index is -3.80. The summed E-state index contributed by atoms with van der Waals surface area (Å²) in [5, 5.41) is 14.0. The van der Waals surface area contributed by atoms with Gasteiger partial charge >= 0.3 is 5.69 Å². The molecule has 0 radical (unpaired) electrons. The van der Waals surface area contributed by atoms with Crippen LogP contribution in [0.3, 0.4) is 0 Å². The molecule has 1 unspecified atom stereocenters. The molecule has 2 N–H and O–H groups in total. The van der Waals surface area contributed by atoms with Gasteiger partial charge in [0.1, 0.15) is 4.21 Å². The Bertz CT molecular complexity index is 585. The molecular formula is C11H19N3O5S2. The van der Waals surface area contributed by atoms with Crippen molar-refractivity contribution in [2.24, 2.45) is 0 Å². The first-order chi connectivity index (χ1) is 9.81. The van der Waals surface area contributed by atoms with Gasteiger partial charge in [0.05, 0.1) is 11.5 Å². The Hall–Kier alpha value is -1.23. The summed E-state index contributed by atoms with van der Waals surface area (Å²) in [4.78, 5) is 10.3. The number of anilines is 1. The number of sulfonamides is 1. The maximum absolute atomic E-state index is 12.2. The van der Waals surface area contributed by atoms with Gasteiger partial charge in [0.15, 0.2) is 5.00 Å². The van der Waals surface area contributed by atoms with Gasteiger partial charge in [-0.15, -0.1) is 0 Å². The van der Waals surface area contributed by atoms with Crippen LogP contribution < -0.4 is 10.0 Å². The van der Waals surface area contributed by atoms with E-state index in [2.05, 4.69) is 10.0 Å². The number of nitrogens with one attached hydrogen (secondary N) is 2. The number of hydrogen-bond donors (Lipinski definition) is 2. The van der Waals surface area contributed by atoms with Crippen molar-refractivity contribution in [1.29, 1.82) is 0 Å². The zero-order chi connectivity index (χ0) is 16.0. The molecule has 0 aromatic carbocycles. The Morgan fingerprint density at radius 2 is 2.14 bits per heavy atom. The van der Waals surface area contributed by atoms with Gasteiger partial charge in [0, 0.05) is 25.3 Å². The van der Waals surface area contributed by atoms with E-state index in [1.54, 1.807) is 13.8 Å². The lowest BCUT2D eigenvalue weighted by molar-refractivity contribution is -0.383. The van der Waals surface area contributed by atoms with E-state index in [0.717, 1.165) is 17.4 Å². The van der Waals surface area contributed by atoms with E-state index in [1.807, 2.05) is 6.92 Å². The van der Waals surface area contributed by atoms with Crippen LogP contribution in [0.2, 0.25) is 0 Å². The highest BCUT2D eigenvalue weighted by Crippen LogP contribution is 2.36. The Labute approximate surface area is 127 Å². The van der Waals surface area contributed by atoms with Crippen molar-refractivity contribution in [3.63, 3.8) is 0 Å². The number of nitro groups is 1.